The van der Waals surface area contributed by atoms with Crippen molar-refractivity contribution in [2.75, 3.05) is 17.3 Å². The third-order valence-electron chi connectivity index (χ3n) is 5.14. The summed E-state index contributed by atoms with van der Waals surface area (Å²) in [5.41, 5.74) is 7.26. The summed E-state index contributed by atoms with van der Waals surface area (Å²) < 4.78 is 5.24. The van der Waals surface area contributed by atoms with Crippen molar-refractivity contribution < 1.29 is 4.74 Å². The molecule has 2 aromatic carbocycles. The van der Waals surface area contributed by atoms with Crippen LogP contribution in [-0.4, -0.2) is 23.3 Å². The molecule has 3 aromatic rings. The first-order chi connectivity index (χ1) is 13.8. The van der Waals surface area contributed by atoms with Gasteiger partial charge in [-0.1, -0.05) is 24.3 Å². The Bertz CT molecular complexity index is 1060. The van der Waals surface area contributed by atoms with Gasteiger partial charge in [0.1, 0.15) is 5.82 Å². The number of methoxy groups -OCH3 is 1. The molecule has 0 saturated heterocycles. The number of hydrogen-bond acceptors (Lipinski definition) is 6. The maximum absolute atomic E-state index is 5.24. The van der Waals surface area contributed by atoms with Gasteiger partial charge in [0.15, 0.2) is 0 Å². The number of aromatic nitrogens is 2. The van der Waals surface area contributed by atoms with E-state index in [1.807, 2.05) is 12.3 Å². The number of hydrogen-bond donors (Lipinski definition) is 1. The van der Waals surface area contributed by atoms with E-state index in [-0.39, 0.29) is 0 Å². The highest BCUT2D eigenvalue weighted by Crippen LogP contribution is 2.28. The predicted octanol–water partition coefficient (Wildman–Crippen LogP) is 3.82. The molecule has 2 aliphatic heterocycles. The zero-order chi connectivity index (χ0) is 18.9. The lowest BCUT2D eigenvalue weighted by atomic mass is 10.1. The second kappa shape index (κ2) is 7.05. The summed E-state index contributed by atoms with van der Waals surface area (Å²) in [6, 6.07) is 14.7. The van der Waals surface area contributed by atoms with Crippen LogP contribution in [0.15, 0.2) is 53.7 Å². The van der Waals surface area contributed by atoms with Crippen molar-refractivity contribution in [3.8, 4) is 0 Å². The Kier molecular flexibility index (Phi) is 4.25. The molecule has 0 fully saturated rings. The van der Waals surface area contributed by atoms with Gasteiger partial charge >= 0.3 is 0 Å². The monoisotopic (exact) mass is 371 g/mol. The Morgan fingerprint density at radius 2 is 1.93 bits per heavy atom. The number of ether oxygens (including phenoxy) is 1. The maximum atomic E-state index is 5.24. The first-order valence-corrected chi connectivity index (χ1v) is 9.36. The van der Waals surface area contributed by atoms with Gasteiger partial charge in [0.05, 0.1) is 13.2 Å². The number of nitrogens with one attached hydrogen (secondary N) is 1. The average molecular weight is 371 g/mol. The fraction of sp³-hybridized carbons (Fsp3) is 0.227. The summed E-state index contributed by atoms with van der Waals surface area (Å²) >= 11 is 0. The molecule has 0 unspecified atom stereocenters. The van der Waals surface area contributed by atoms with E-state index in [1.54, 1.807) is 13.3 Å². The van der Waals surface area contributed by atoms with Crippen molar-refractivity contribution in [3.05, 3.63) is 76.5 Å². The number of anilines is 3. The first kappa shape index (κ1) is 16.9. The van der Waals surface area contributed by atoms with E-state index in [0.29, 0.717) is 6.61 Å². The second-order valence-corrected chi connectivity index (χ2v) is 7.14. The quantitative estimate of drug-likeness (QED) is 0.739. The van der Waals surface area contributed by atoms with Crippen LogP contribution in [0.4, 0.5) is 17.5 Å². The lowest BCUT2D eigenvalue weighted by molar-refractivity contribution is 0.185. The Morgan fingerprint density at radius 1 is 1.04 bits per heavy atom. The largest absolute Gasteiger partial charge is 0.380 e. The summed E-state index contributed by atoms with van der Waals surface area (Å²) in [5.74, 6) is 1.52. The van der Waals surface area contributed by atoms with Crippen LogP contribution in [0.5, 0.6) is 0 Å². The third-order valence-corrected chi connectivity index (χ3v) is 5.14. The van der Waals surface area contributed by atoms with E-state index < -0.39 is 0 Å². The molecule has 0 amide bonds. The predicted molar refractivity (Wildman–Crippen MR) is 110 cm³/mol. The molecule has 0 saturated carbocycles. The molecule has 2 aliphatic rings. The summed E-state index contributed by atoms with van der Waals surface area (Å²) in [6.45, 7) is 3.04. The topological polar surface area (TPSA) is 62.6 Å². The van der Waals surface area contributed by atoms with E-state index >= 15 is 0 Å². The van der Waals surface area contributed by atoms with E-state index in [9.17, 15) is 0 Å². The van der Waals surface area contributed by atoms with E-state index in [2.05, 4.69) is 56.6 Å². The fourth-order valence-corrected chi connectivity index (χ4v) is 3.74. The molecule has 0 aliphatic carbocycles. The van der Waals surface area contributed by atoms with Crippen LogP contribution in [0.3, 0.4) is 0 Å². The van der Waals surface area contributed by atoms with Gasteiger partial charge in [-0.05, 0) is 46.0 Å². The van der Waals surface area contributed by atoms with Crippen LogP contribution in [0.1, 0.15) is 27.8 Å². The summed E-state index contributed by atoms with van der Waals surface area (Å²) in [7, 11) is 1.72. The Morgan fingerprint density at radius 3 is 2.86 bits per heavy atom. The first-order valence-electron chi connectivity index (χ1n) is 9.36. The lowest BCUT2D eigenvalue weighted by Gasteiger charge is -2.16. The van der Waals surface area contributed by atoms with Crippen LogP contribution >= 0.6 is 0 Å². The number of fused-ring (bicyclic) bond motifs is 2. The SMILES string of the molecule is COCc1ccc2c(c1)CN(c1nccc(Nc3ccc4c(c3)C=NC4)n1)C2. The van der Waals surface area contributed by atoms with Crippen LogP contribution in [-0.2, 0) is 31.0 Å². The standard InChI is InChI=1S/C22H21N5O/c1-28-14-15-2-3-17-12-27(13-19(17)8-15)22-24-7-6-21(26-22)25-20-5-4-16-10-23-11-18(16)9-20/h2-9,11H,10,12-14H2,1H3,(H,24,25,26). The smallest absolute Gasteiger partial charge is 0.227 e. The highest BCUT2D eigenvalue weighted by molar-refractivity contribution is 5.86. The number of rotatable bonds is 5. The molecule has 5 rings (SSSR count). The van der Waals surface area contributed by atoms with Crippen LogP contribution in [0.25, 0.3) is 0 Å². The normalized spacial score (nSPS) is 14.2. The Hall–Kier alpha value is -3.25. The van der Waals surface area contributed by atoms with Crippen LogP contribution in [0.2, 0.25) is 0 Å². The molecule has 1 N–H and O–H groups in total. The van der Waals surface area contributed by atoms with Gasteiger partial charge < -0.3 is 15.0 Å². The minimum atomic E-state index is 0.634. The van der Waals surface area contributed by atoms with Gasteiger partial charge in [-0.3, -0.25) is 4.99 Å². The van der Waals surface area contributed by atoms with Crippen molar-refractivity contribution >= 4 is 23.7 Å². The Labute approximate surface area is 163 Å². The van der Waals surface area contributed by atoms with Gasteiger partial charge in [0.2, 0.25) is 5.95 Å². The van der Waals surface area contributed by atoms with Gasteiger partial charge in [-0.15, -0.1) is 0 Å². The van der Waals surface area contributed by atoms with Gasteiger partial charge in [0, 0.05) is 38.3 Å². The third kappa shape index (κ3) is 3.23. The van der Waals surface area contributed by atoms with Crippen LogP contribution < -0.4 is 10.2 Å². The van der Waals surface area contributed by atoms with Crippen molar-refractivity contribution in [2.24, 2.45) is 4.99 Å². The van der Waals surface area contributed by atoms with Gasteiger partial charge in [-0.25, -0.2) is 4.98 Å². The van der Waals surface area contributed by atoms with Crippen molar-refractivity contribution in [1.82, 2.24) is 9.97 Å². The van der Waals surface area contributed by atoms with Crippen molar-refractivity contribution in [3.63, 3.8) is 0 Å². The van der Waals surface area contributed by atoms with Crippen molar-refractivity contribution in [1.29, 1.82) is 0 Å². The molecule has 0 radical (unpaired) electrons. The molecule has 0 atom stereocenters. The summed E-state index contributed by atoms with van der Waals surface area (Å²) in [6.07, 6.45) is 3.73. The highest BCUT2D eigenvalue weighted by atomic mass is 16.5. The molecule has 1 aromatic heterocycles. The van der Waals surface area contributed by atoms with Gasteiger partial charge in [0.25, 0.3) is 0 Å². The average Bonchev–Trinajstić information content (AvgIpc) is 3.34. The minimum Gasteiger partial charge on any atom is -0.380 e. The number of benzene rings is 2. The summed E-state index contributed by atoms with van der Waals surface area (Å²) in [4.78, 5) is 15.7. The number of nitrogens with zero attached hydrogens (tertiary/aromatic N) is 4. The van der Waals surface area contributed by atoms with Gasteiger partial charge in [-0.2, -0.15) is 4.98 Å². The van der Waals surface area contributed by atoms with E-state index in [4.69, 9.17) is 9.72 Å². The van der Waals surface area contributed by atoms with Crippen LogP contribution in [0, 0.1) is 0 Å². The minimum absolute atomic E-state index is 0.634. The molecule has 0 spiro atoms. The number of aliphatic imine (C=N–C) groups is 1. The molecule has 6 nitrogen and oxygen atoms in total. The second-order valence-electron chi connectivity index (χ2n) is 7.14. The zero-order valence-electron chi connectivity index (χ0n) is 15.7. The lowest BCUT2D eigenvalue weighted by Crippen LogP contribution is -2.17. The zero-order valence-corrected chi connectivity index (χ0v) is 15.7. The molecule has 28 heavy (non-hydrogen) atoms. The molecule has 140 valence electrons. The maximum Gasteiger partial charge on any atom is 0.227 e. The molecule has 3 heterocycles. The molecular weight excluding hydrogens is 350 g/mol. The van der Waals surface area contributed by atoms with E-state index in [1.165, 1.54) is 27.8 Å². The summed E-state index contributed by atoms with van der Waals surface area (Å²) in [5, 5.41) is 3.39. The highest BCUT2D eigenvalue weighted by Gasteiger charge is 2.21. The molecule has 0 bridgehead atoms. The van der Waals surface area contributed by atoms with E-state index in [0.717, 1.165) is 37.1 Å². The Balaban J connectivity index is 1.34. The molecule has 6 heteroatoms. The molecular formula is C22H21N5O. The van der Waals surface area contributed by atoms with Crippen molar-refractivity contribution in [2.45, 2.75) is 26.2 Å². The fourth-order valence-electron chi connectivity index (χ4n) is 3.74.